The van der Waals surface area contributed by atoms with E-state index in [1.807, 2.05) is 0 Å². The second-order valence-electron chi connectivity index (χ2n) is 5.78. The molecule has 1 saturated carbocycles. The number of hydrogen-bond donors (Lipinski definition) is 1. The monoisotopic (exact) mass is 310 g/mol. The molecule has 0 amide bonds. The summed E-state index contributed by atoms with van der Waals surface area (Å²) in [5.74, 6) is 0.729. The molecule has 114 valence electrons. The van der Waals surface area contributed by atoms with Gasteiger partial charge in [-0.1, -0.05) is 25.7 Å². The fourth-order valence-corrected chi connectivity index (χ4v) is 5.50. The van der Waals surface area contributed by atoms with E-state index in [0.717, 1.165) is 32.1 Å². The minimum absolute atomic E-state index is 0. The van der Waals surface area contributed by atoms with Crippen molar-refractivity contribution in [3.8, 4) is 0 Å². The molecule has 0 spiro atoms. The second kappa shape index (κ2) is 7.81. The third kappa shape index (κ3) is 4.59. The van der Waals surface area contributed by atoms with Gasteiger partial charge < -0.3 is 5.73 Å². The van der Waals surface area contributed by atoms with Crippen LogP contribution in [0.15, 0.2) is 0 Å². The van der Waals surface area contributed by atoms with Crippen molar-refractivity contribution in [1.29, 1.82) is 0 Å². The van der Waals surface area contributed by atoms with Gasteiger partial charge in [-0.05, 0) is 31.6 Å². The summed E-state index contributed by atoms with van der Waals surface area (Å²) in [5, 5.41) is 0. The topological polar surface area (TPSA) is 63.4 Å². The Labute approximate surface area is 123 Å². The van der Waals surface area contributed by atoms with E-state index in [-0.39, 0.29) is 18.4 Å². The highest BCUT2D eigenvalue weighted by Gasteiger charge is 2.33. The van der Waals surface area contributed by atoms with Crippen LogP contribution >= 0.6 is 12.4 Å². The maximum atomic E-state index is 12.5. The van der Waals surface area contributed by atoms with E-state index in [4.69, 9.17) is 5.73 Å². The molecule has 4 nitrogen and oxygen atoms in total. The third-order valence-electron chi connectivity index (χ3n) is 4.37. The van der Waals surface area contributed by atoms with Crippen molar-refractivity contribution in [3.05, 3.63) is 0 Å². The van der Waals surface area contributed by atoms with Crippen LogP contribution in [0.2, 0.25) is 0 Å². The van der Waals surface area contributed by atoms with Gasteiger partial charge in [-0.2, -0.15) is 4.31 Å². The van der Waals surface area contributed by atoms with Crippen molar-refractivity contribution in [2.45, 2.75) is 57.4 Å². The van der Waals surface area contributed by atoms with E-state index in [9.17, 15) is 8.42 Å². The lowest BCUT2D eigenvalue weighted by molar-refractivity contribution is 0.254. The summed E-state index contributed by atoms with van der Waals surface area (Å²) < 4.78 is 26.7. The van der Waals surface area contributed by atoms with E-state index in [1.165, 1.54) is 19.3 Å². The average molecular weight is 311 g/mol. The van der Waals surface area contributed by atoms with Gasteiger partial charge in [0.2, 0.25) is 10.0 Å². The predicted octanol–water partition coefficient (Wildman–Crippen LogP) is 2.13. The van der Waals surface area contributed by atoms with Gasteiger partial charge in [0.05, 0.1) is 5.75 Å². The zero-order chi connectivity index (χ0) is 13.0. The number of hydrogen-bond acceptors (Lipinski definition) is 3. The largest absolute Gasteiger partial charge is 0.329 e. The molecule has 1 atom stereocenters. The van der Waals surface area contributed by atoms with Crippen LogP contribution in [-0.4, -0.2) is 37.6 Å². The van der Waals surface area contributed by atoms with Crippen molar-refractivity contribution >= 4 is 22.4 Å². The first-order valence-electron chi connectivity index (χ1n) is 7.33. The number of rotatable bonds is 4. The van der Waals surface area contributed by atoms with E-state index < -0.39 is 10.0 Å². The molecular weight excluding hydrogens is 284 g/mol. The first-order valence-corrected chi connectivity index (χ1v) is 8.94. The van der Waals surface area contributed by atoms with Crippen LogP contribution in [0.4, 0.5) is 0 Å². The molecule has 2 rings (SSSR count). The van der Waals surface area contributed by atoms with Crippen LogP contribution in [0.3, 0.4) is 0 Å². The number of nitrogens with zero attached hydrogens (tertiary/aromatic N) is 1. The Balaban J connectivity index is 0.00000180. The minimum atomic E-state index is -3.09. The quantitative estimate of drug-likeness (QED) is 0.865. The van der Waals surface area contributed by atoms with Gasteiger partial charge in [-0.15, -0.1) is 12.4 Å². The molecule has 6 heteroatoms. The van der Waals surface area contributed by atoms with Gasteiger partial charge in [-0.25, -0.2) is 8.42 Å². The standard InChI is InChI=1S/C13H26N2O2S.ClH/c14-10-13-8-4-5-9-15(13)18(16,17)11-12-6-2-1-3-7-12;/h12-13H,1-11,14H2;1H. The predicted molar refractivity (Wildman–Crippen MR) is 81.0 cm³/mol. The molecule has 0 aromatic heterocycles. The van der Waals surface area contributed by atoms with Gasteiger partial charge in [0, 0.05) is 19.1 Å². The van der Waals surface area contributed by atoms with E-state index in [2.05, 4.69) is 0 Å². The maximum Gasteiger partial charge on any atom is 0.214 e. The smallest absolute Gasteiger partial charge is 0.214 e. The Morgan fingerprint density at radius 1 is 1.00 bits per heavy atom. The average Bonchev–Trinajstić information content (AvgIpc) is 2.39. The van der Waals surface area contributed by atoms with Gasteiger partial charge in [0.15, 0.2) is 0 Å². The Bertz CT molecular complexity index is 356. The molecule has 1 saturated heterocycles. The van der Waals surface area contributed by atoms with Crippen LogP contribution in [-0.2, 0) is 10.0 Å². The molecule has 0 aromatic rings. The van der Waals surface area contributed by atoms with Crippen molar-refractivity contribution in [3.63, 3.8) is 0 Å². The zero-order valence-electron chi connectivity index (χ0n) is 11.6. The molecule has 0 aromatic carbocycles. The fraction of sp³-hybridized carbons (Fsp3) is 1.00. The molecule has 1 heterocycles. The molecule has 0 radical (unpaired) electrons. The highest BCUT2D eigenvalue weighted by molar-refractivity contribution is 7.89. The molecule has 0 bridgehead atoms. The number of nitrogens with two attached hydrogens (primary N) is 1. The summed E-state index contributed by atoms with van der Waals surface area (Å²) in [5.41, 5.74) is 5.72. The highest BCUT2D eigenvalue weighted by Crippen LogP contribution is 2.28. The summed E-state index contributed by atoms with van der Waals surface area (Å²) in [4.78, 5) is 0. The lowest BCUT2D eigenvalue weighted by Gasteiger charge is -2.35. The number of sulfonamides is 1. The lowest BCUT2D eigenvalue weighted by Crippen LogP contribution is -2.48. The highest BCUT2D eigenvalue weighted by atomic mass is 35.5. The third-order valence-corrected chi connectivity index (χ3v) is 6.46. The van der Waals surface area contributed by atoms with Gasteiger partial charge >= 0.3 is 0 Å². The van der Waals surface area contributed by atoms with Gasteiger partial charge in [-0.3, -0.25) is 0 Å². The Hall–Kier alpha value is 0.160. The Morgan fingerprint density at radius 3 is 2.26 bits per heavy atom. The first-order chi connectivity index (χ1) is 8.63. The molecule has 2 aliphatic rings. The summed E-state index contributed by atoms with van der Waals surface area (Å²) in [6, 6.07) is 0.0485. The second-order valence-corrected chi connectivity index (χ2v) is 7.74. The van der Waals surface area contributed by atoms with Gasteiger partial charge in [0.1, 0.15) is 0 Å². The normalized spacial score (nSPS) is 26.9. The van der Waals surface area contributed by atoms with Crippen molar-refractivity contribution in [2.75, 3.05) is 18.8 Å². The summed E-state index contributed by atoms with van der Waals surface area (Å²) in [7, 11) is -3.09. The first kappa shape index (κ1) is 17.2. The molecule has 1 aliphatic carbocycles. The van der Waals surface area contributed by atoms with E-state index in [1.54, 1.807) is 4.31 Å². The lowest BCUT2D eigenvalue weighted by atomic mass is 9.91. The minimum Gasteiger partial charge on any atom is -0.329 e. The van der Waals surface area contributed by atoms with Crippen LogP contribution in [0.1, 0.15) is 51.4 Å². The van der Waals surface area contributed by atoms with Crippen LogP contribution in [0.5, 0.6) is 0 Å². The van der Waals surface area contributed by atoms with E-state index in [0.29, 0.717) is 24.8 Å². The molecule has 1 unspecified atom stereocenters. The summed E-state index contributed by atoms with van der Waals surface area (Å²) >= 11 is 0. The molecule has 2 N–H and O–H groups in total. The van der Waals surface area contributed by atoms with Crippen molar-refractivity contribution in [2.24, 2.45) is 11.7 Å². The van der Waals surface area contributed by atoms with Crippen LogP contribution < -0.4 is 5.73 Å². The summed E-state index contributed by atoms with van der Waals surface area (Å²) in [6.45, 7) is 1.14. The zero-order valence-corrected chi connectivity index (χ0v) is 13.2. The molecular formula is C13H27ClN2O2S. The molecule has 19 heavy (non-hydrogen) atoms. The molecule has 2 fully saturated rings. The van der Waals surface area contributed by atoms with Crippen LogP contribution in [0.25, 0.3) is 0 Å². The fourth-order valence-electron chi connectivity index (χ4n) is 3.32. The van der Waals surface area contributed by atoms with Crippen molar-refractivity contribution < 1.29 is 8.42 Å². The number of piperidine rings is 1. The number of halogens is 1. The maximum absolute atomic E-state index is 12.5. The Morgan fingerprint density at radius 2 is 1.63 bits per heavy atom. The SMILES string of the molecule is Cl.NCC1CCCCN1S(=O)(=O)CC1CCCCC1. The van der Waals surface area contributed by atoms with E-state index >= 15 is 0 Å². The molecule has 1 aliphatic heterocycles. The van der Waals surface area contributed by atoms with Gasteiger partial charge in [0.25, 0.3) is 0 Å². The Kier molecular flexibility index (Phi) is 7.08. The summed E-state index contributed by atoms with van der Waals surface area (Å²) in [6.07, 6.45) is 8.85. The van der Waals surface area contributed by atoms with Crippen molar-refractivity contribution in [1.82, 2.24) is 4.31 Å². The van der Waals surface area contributed by atoms with Crippen LogP contribution in [0, 0.1) is 5.92 Å².